The zero-order chi connectivity index (χ0) is 14.3. The molecule has 0 aromatic carbocycles. The molecule has 0 aromatic rings. The predicted octanol–water partition coefficient (Wildman–Crippen LogP) is 4.37. The summed E-state index contributed by atoms with van der Waals surface area (Å²) < 4.78 is 0. The summed E-state index contributed by atoms with van der Waals surface area (Å²) >= 11 is 0. The van der Waals surface area contributed by atoms with Gasteiger partial charge in [0.2, 0.25) is 0 Å². The first kappa shape index (κ1) is 18.8. The van der Waals surface area contributed by atoms with Crippen LogP contribution < -0.4 is 0 Å². The molecule has 4 heteroatoms. The first-order valence-electron chi connectivity index (χ1n) is 7.99. The van der Waals surface area contributed by atoms with E-state index in [0.717, 1.165) is 12.8 Å². The lowest BCUT2D eigenvalue weighted by molar-refractivity contribution is -0.206. The van der Waals surface area contributed by atoms with Crippen LogP contribution in [0.1, 0.15) is 84.5 Å². The highest BCUT2D eigenvalue weighted by molar-refractivity contribution is 4.50. The van der Waals surface area contributed by atoms with E-state index >= 15 is 0 Å². The second-order valence-electron chi connectivity index (χ2n) is 5.19. The minimum atomic E-state index is -1.02. The minimum absolute atomic E-state index is 0.313. The molecule has 0 aliphatic carbocycles. The molecule has 116 valence electrons. The quantitative estimate of drug-likeness (QED) is 0.290. The van der Waals surface area contributed by atoms with Crippen molar-refractivity contribution in [2.45, 2.75) is 90.7 Å². The summed E-state index contributed by atoms with van der Waals surface area (Å²) in [6, 6.07) is 0. The first-order valence-corrected chi connectivity index (χ1v) is 7.99. The Kier molecular flexibility index (Phi) is 14.1. The maximum atomic E-state index is 11.1. The molecule has 19 heavy (non-hydrogen) atoms. The third kappa shape index (κ3) is 12.6. The summed E-state index contributed by atoms with van der Waals surface area (Å²) in [5.74, 6) is 0. The molecular formula is C15H32NO3-. The van der Waals surface area contributed by atoms with Crippen LogP contribution in [0.5, 0.6) is 0 Å². The number of nitrogens with zero attached hydrogens (tertiary/aromatic N) is 1. The van der Waals surface area contributed by atoms with Gasteiger partial charge in [-0.25, -0.2) is 5.23 Å². The van der Waals surface area contributed by atoms with Crippen molar-refractivity contribution < 1.29 is 9.94 Å². The number of hydroxylamine groups is 2. The highest BCUT2D eigenvalue weighted by atomic mass is 16.9. The van der Waals surface area contributed by atoms with Crippen molar-refractivity contribution in [2.75, 3.05) is 6.61 Å². The molecular weight excluding hydrogens is 242 g/mol. The van der Waals surface area contributed by atoms with E-state index < -0.39 is 6.23 Å². The summed E-state index contributed by atoms with van der Waals surface area (Å²) in [5, 5.41) is 20.6. The number of hydrogen-bond acceptors (Lipinski definition) is 4. The van der Waals surface area contributed by atoms with E-state index in [1.54, 1.807) is 6.92 Å². The summed E-state index contributed by atoms with van der Waals surface area (Å²) in [5.41, 5.74) is 0. The summed E-state index contributed by atoms with van der Waals surface area (Å²) in [7, 11) is 0. The largest absolute Gasteiger partial charge is 0.760 e. The fraction of sp³-hybridized carbons (Fsp3) is 1.00. The molecule has 0 bridgehead atoms. The van der Waals surface area contributed by atoms with Gasteiger partial charge in [-0.2, -0.15) is 0 Å². The second kappa shape index (κ2) is 14.3. The molecule has 1 atom stereocenters. The molecule has 0 rings (SSSR count). The molecule has 0 heterocycles. The van der Waals surface area contributed by atoms with Crippen molar-refractivity contribution in [1.82, 2.24) is 5.23 Å². The minimum Gasteiger partial charge on any atom is -0.760 e. The molecule has 0 fully saturated rings. The SMILES string of the molecule is CCCCCCCCCCCCON([O-])C(O)CC. The average molecular weight is 274 g/mol. The number of aliphatic hydroxyl groups excluding tert-OH is 1. The molecule has 4 nitrogen and oxygen atoms in total. The van der Waals surface area contributed by atoms with Crippen molar-refractivity contribution in [3.63, 3.8) is 0 Å². The molecule has 0 saturated heterocycles. The van der Waals surface area contributed by atoms with Crippen LogP contribution in [-0.2, 0) is 4.84 Å². The fourth-order valence-corrected chi connectivity index (χ4v) is 1.98. The molecule has 1 N–H and O–H groups in total. The van der Waals surface area contributed by atoms with Crippen LogP contribution in [0.4, 0.5) is 0 Å². The van der Waals surface area contributed by atoms with Crippen molar-refractivity contribution >= 4 is 0 Å². The molecule has 0 aliphatic heterocycles. The van der Waals surface area contributed by atoms with E-state index in [0.29, 0.717) is 18.3 Å². The van der Waals surface area contributed by atoms with Gasteiger partial charge < -0.3 is 15.2 Å². The Bertz CT molecular complexity index is 179. The highest BCUT2D eigenvalue weighted by Gasteiger charge is 2.02. The standard InChI is InChI=1S/C15H32NO3/c1-3-5-6-7-8-9-10-11-12-13-14-19-16(18)15(17)4-2/h15,17H,3-14H2,1-2H3/q-1. The Balaban J connectivity index is 3.10. The van der Waals surface area contributed by atoms with Crippen LogP contribution in [0.3, 0.4) is 0 Å². The van der Waals surface area contributed by atoms with Gasteiger partial charge in [-0.1, -0.05) is 71.6 Å². The van der Waals surface area contributed by atoms with E-state index in [9.17, 15) is 10.3 Å². The van der Waals surface area contributed by atoms with E-state index in [2.05, 4.69) is 6.92 Å². The third-order valence-corrected chi connectivity index (χ3v) is 3.32. The molecule has 1 unspecified atom stereocenters. The number of aliphatic hydroxyl groups is 1. The van der Waals surface area contributed by atoms with Gasteiger partial charge in [0.1, 0.15) is 6.23 Å². The number of unbranched alkanes of at least 4 members (excludes halogenated alkanes) is 9. The summed E-state index contributed by atoms with van der Waals surface area (Å²) in [6.07, 6.45) is 12.0. The normalized spacial score (nSPS) is 13.1. The van der Waals surface area contributed by atoms with Gasteiger partial charge in [-0.05, 0) is 12.8 Å². The molecule has 0 aliphatic rings. The predicted molar refractivity (Wildman–Crippen MR) is 79.3 cm³/mol. The monoisotopic (exact) mass is 274 g/mol. The van der Waals surface area contributed by atoms with Gasteiger partial charge in [-0.15, -0.1) is 0 Å². The van der Waals surface area contributed by atoms with Crippen molar-refractivity contribution in [2.24, 2.45) is 0 Å². The maximum Gasteiger partial charge on any atom is 0.117 e. The van der Waals surface area contributed by atoms with Crippen LogP contribution in [-0.4, -0.2) is 23.2 Å². The molecule has 0 spiro atoms. The molecule has 0 amide bonds. The third-order valence-electron chi connectivity index (χ3n) is 3.32. The van der Waals surface area contributed by atoms with Crippen molar-refractivity contribution in [3.8, 4) is 0 Å². The zero-order valence-electron chi connectivity index (χ0n) is 12.8. The smallest absolute Gasteiger partial charge is 0.117 e. The molecule has 0 aromatic heterocycles. The first-order chi connectivity index (χ1) is 9.22. The highest BCUT2D eigenvalue weighted by Crippen LogP contribution is 2.10. The van der Waals surface area contributed by atoms with E-state index in [1.807, 2.05) is 0 Å². The lowest BCUT2D eigenvalue weighted by Crippen LogP contribution is -2.29. The lowest BCUT2D eigenvalue weighted by atomic mass is 10.1. The number of rotatable bonds is 14. The number of hydrogen-bond donors (Lipinski definition) is 1. The fourth-order valence-electron chi connectivity index (χ4n) is 1.98. The summed E-state index contributed by atoms with van der Waals surface area (Å²) in [6.45, 7) is 4.40. The molecule has 0 radical (unpaired) electrons. The van der Waals surface area contributed by atoms with Gasteiger partial charge in [0.15, 0.2) is 0 Å². The Morgan fingerprint density at radius 3 is 1.84 bits per heavy atom. The van der Waals surface area contributed by atoms with Gasteiger partial charge in [0.25, 0.3) is 0 Å². The van der Waals surface area contributed by atoms with Gasteiger partial charge in [-0.3, -0.25) is 0 Å². The van der Waals surface area contributed by atoms with Gasteiger partial charge in [0.05, 0.1) is 6.61 Å². The van der Waals surface area contributed by atoms with Crippen LogP contribution in [0.2, 0.25) is 0 Å². The maximum absolute atomic E-state index is 11.1. The summed E-state index contributed by atoms with van der Waals surface area (Å²) in [4.78, 5) is 4.89. The molecule has 0 saturated carbocycles. The van der Waals surface area contributed by atoms with Crippen LogP contribution in [0.15, 0.2) is 0 Å². The van der Waals surface area contributed by atoms with Crippen molar-refractivity contribution in [1.29, 1.82) is 0 Å². The second-order valence-corrected chi connectivity index (χ2v) is 5.19. The van der Waals surface area contributed by atoms with Gasteiger partial charge in [0, 0.05) is 0 Å². The lowest BCUT2D eigenvalue weighted by Gasteiger charge is -2.31. The van der Waals surface area contributed by atoms with Crippen LogP contribution >= 0.6 is 0 Å². The van der Waals surface area contributed by atoms with E-state index in [-0.39, 0.29) is 0 Å². The van der Waals surface area contributed by atoms with Gasteiger partial charge >= 0.3 is 0 Å². The Morgan fingerprint density at radius 2 is 1.37 bits per heavy atom. The van der Waals surface area contributed by atoms with E-state index in [4.69, 9.17) is 4.84 Å². The Hall–Kier alpha value is -0.160. The van der Waals surface area contributed by atoms with Crippen molar-refractivity contribution in [3.05, 3.63) is 5.21 Å². The van der Waals surface area contributed by atoms with Crippen LogP contribution in [0, 0.1) is 5.21 Å². The van der Waals surface area contributed by atoms with E-state index in [1.165, 1.54) is 51.4 Å². The Labute approximate surface area is 118 Å². The topological polar surface area (TPSA) is 55.8 Å². The van der Waals surface area contributed by atoms with Crippen LogP contribution in [0.25, 0.3) is 0 Å². The zero-order valence-corrected chi connectivity index (χ0v) is 12.8. The Morgan fingerprint density at radius 1 is 0.895 bits per heavy atom. The average Bonchev–Trinajstić information content (AvgIpc) is 2.43.